The largest absolute Gasteiger partial charge is 0.497 e. The quantitative estimate of drug-likeness (QED) is 0.456. The molecule has 0 saturated heterocycles. The van der Waals surface area contributed by atoms with E-state index in [-0.39, 0.29) is 12.2 Å². The highest BCUT2D eigenvalue weighted by molar-refractivity contribution is 6.30. The molecule has 8 nitrogen and oxygen atoms in total. The summed E-state index contributed by atoms with van der Waals surface area (Å²) in [5.41, 5.74) is -0.966. The van der Waals surface area contributed by atoms with Crippen LogP contribution >= 0.6 is 11.6 Å². The second-order valence-electron chi connectivity index (χ2n) is 7.22. The van der Waals surface area contributed by atoms with E-state index in [1.54, 1.807) is 48.5 Å². The van der Waals surface area contributed by atoms with Crippen molar-refractivity contribution in [1.82, 2.24) is 14.3 Å². The second kappa shape index (κ2) is 9.72. The molecule has 0 fully saturated rings. The summed E-state index contributed by atoms with van der Waals surface area (Å²) >= 11 is 6.04. The summed E-state index contributed by atoms with van der Waals surface area (Å²) in [4.78, 5) is 39.3. The first-order valence-electron chi connectivity index (χ1n) is 10.1. The Balaban J connectivity index is 1.83. The third-order valence-electron chi connectivity index (χ3n) is 4.92. The minimum Gasteiger partial charge on any atom is -0.497 e. The van der Waals surface area contributed by atoms with Gasteiger partial charge in [-0.2, -0.15) is 9.78 Å². The van der Waals surface area contributed by atoms with Gasteiger partial charge in [0, 0.05) is 10.7 Å². The van der Waals surface area contributed by atoms with Crippen LogP contribution in [0.15, 0.2) is 82.4 Å². The van der Waals surface area contributed by atoms with Gasteiger partial charge in [-0.15, -0.1) is 0 Å². The first-order valence-corrected chi connectivity index (χ1v) is 10.4. The number of aromatic nitrogens is 3. The van der Waals surface area contributed by atoms with Crippen molar-refractivity contribution in [3.63, 3.8) is 0 Å². The highest BCUT2D eigenvalue weighted by atomic mass is 35.5. The van der Waals surface area contributed by atoms with E-state index in [2.05, 4.69) is 10.4 Å². The molecular weight excluding hydrogens is 463 g/mol. The van der Waals surface area contributed by atoms with Crippen LogP contribution in [0.25, 0.3) is 5.69 Å². The average molecular weight is 481 g/mol. The summed E-state index contributed by atoms with van der Waals surface area (Å²) in [6.07, 6.45) is 0. The molecular formula is C24H18ClFN4O4. The minimum absolute atomic E-state index is 0.131. The number of hydrogen-bond donors (Lipinski definition) is 1. The third kappa shape index (κ3) is 4.89. The Hall–Kier alpha value is -4.24. The molecule has 3 aromatic carbocycles. The number of anilines is 1. The van der Waals surface area contributed by atoms with Crippen LogP contribution in [-0.4, -0.2) is 27.4 Å². The van der Waals surface area contributed by atoms with E-state index in [0.717, 1.165) is 9.25 Å². The third-order valence-corrected chi connectivity index (χ3v) is 5.16. The number of rotatable bonds is 6. The van der Waals surface area contributed by atoms with Crippen LogP contribution in [-0.2, 0) is 6.54 Å². The normalized spacial score (nSPS) is 10.7. The molecule has 0 aliphatic carbocycles. The van der Waals surface area contributed by atoms with Crippen LogP contribution in [0, 0.1) is 5.82 Å². The van der Waals surface area contributed by atoms with Gasteiger partial charge in [-0.05, 0) is 66.2 Å². The number of carbonyl (C=O) groups is 1. The molecule has 0 radical (unpaired) electrons. The molecule has 0 aliphatic heterocycles. The van der Waals surface area contributed by atoms with Crippen molar-refractivity contribution >= 4 is 23.2 Å². The average Bonchev–Trinajstić information content (AvgIpc) is 2.83. The van der Waals surface area contributed by atoms with Gasteiger partial charge in [-0.25, -0.2) is 9.18 Å². The summed E-state index contributed by atoms with van der Waals surface area (Å²) in [5, 5.41) is 6.99. The van der Waals surface area contributed by atoms with Gasteiger partial charge in [-0.1, -0.05) is 23.7 Å². The Morgan fingerprint density at radius 2 is 1.76 bits per heavy atom. The van der Waals surface area contributed by atoms with E-state index in [4.69, 9.17) is 16.3 Å². The predicted octanol–water partition coefficient (Wildman–Crippen LogP) is 3.50. The van der Waals surface area contributed by atoms with E-state index in [1.165, 1.54) is 31.4 Å². The van der Waals surface area contributed by atoms with Crippen molar-refractivity contribution in [3.8, 4) is 11.4 Å². The molecule has 34 heavy (non-hydrogen) atoms. The topological polar surface area (TPSA) is 95.2 Å². The number of nitrogens with one attached hydrogen (secondary N) is 1. The van der Waals surface area contributed by atoms with Crippen molar-refractivity contribution in [1.29, 1.82) is 0 Å². The maximum atomic E-state index is 13.2. The molecule has 1 aromatic heterocycles. The van der Waals surface area contributed by atoms with Crippen LogP contribution in [0.1, 0.15) is 16.1 Å². The van der Waals surface area contributed by atoms with Crippen molar-refractivity contribution in [2.45, 2.75) is 6.54 Å². The molecule has 4 aromatic rings. The monoisotopic (exact) mass is 480 g/mol. The van der Waals surface area contributed by atoms with Crippen LogP contribution < -0.4 is 21.3 Å². The highest BCUT2D eigenvalue weighted by Gasteiger charge is 2.21. The lowest BCUT2D eigenvalue weighted by Gasteiger charge is -2.13. The van der Waals surface area contributed by atoms with Crippen LogP contribution in [0.5, 0.6) is 5.75 Å². The zero-order chi connectivity index (χ0) is 24.2. The van der Waals surface area contributed by atoms with Crippen LogP contribution in [0.4, 0.5) is 10.1 Å². The summed E-state index contributed by atoms with van der Waals surface area (Å²) < 4.78 is 20.2. The fourth-order valence-electron chi connectivity index (χ4n) is 3.23. The molecule has 0 bridgehead atoms. The molecule has 172 valence electrons. The molecule has 0 unspecified atom stereocenters. The summed E-state index contributed by atoms with van der Waals surface area (Å²) in [5.74, 6) is -0.773. The Kier molecular flexibility index (Phi) is 6.55. The highest BCUT2D eigenvalue weighted by Crippen LogP contribution is 2.14. The van der Waals surface area contributed by atoms with Gasteiger partial charge in [0.1, 0.15) is 11.6 Å². The fourth-order valence-corrected chi connectivity index (χ4v) is 3.44. The first kappa shape index (κ1) is 22.9. The van der Waals surface area contributed by atoms with E-state index in [0.29, 0.717) is 22.0 Å². The number of nitrogens with zero attached hydrogens (tertiary/aromatic N) is 3. The van der Waals surface area contributed by atoms with E-state index in [9.17, 15) is 18.8 Å². The summed E-state index contributed by atoms with van der Waals surface area (Å²) in [6, 6.07) is 18.1. The number of amides is 1. The van der Waals surface area contributed by atoms with Gasteiger partial charge in [0.25, 0.3) is 11.5 Å². The summed E-state index contributed by atoms with van der Waals surface area (Å²) in [7, 11) is 1.50. The molecule has 1 heterocycles. The molecule has 10 heteroatoms. The fraction of sp³-hybridized carbons (Fsp3) is 0.0833. The van der Waals surface area contributed by atoms with Crippen LogP contribution in [0.2, 0.25) is 5.02 Å². The molecule has 0 aliphatic rings. The van der Waals surface area contributed by atoms with Gasteiger partial charge < -0.3 is 10.1 Å². The standard InChI is InChI=1S/C24H18ClFN4O4/c1-34-20-11-9-19(10-12-20)30-24(33)29(14-15-3-2-4-16(25)13-15)23(32)21(28-30)22(31)27-18-7-5-17(26)6-8-18/h2-13H,14H2,1H3,(H,27,31). The molecule has 0 atom stereocenters. The maximum Gasteiger partial charge on any atom is 0.352 e. The van der Waals surface area contributed by atoms with Gasteiger partial charge >= 0.3 is 5.69 Å². The lowest BCUT2D eigenvalue weighted by molar-refractivity contribution is 0.101. The zero-order valence-corrected chi connectivity index (χ0v) is 18.6. The minimum atomic E-state index is -0.880. The molecule has 1 amide bonds. The number of methoxy groups -OCH3 is 1. The molecule has 0 spiro atoms. The number of carbonyl (C=O) groups excluding carboxylic acids is 1. The van der Waals surface area contributed by atoms with Gasteiger partial charge in [-0.3, -0.25) is 14.2 Å². The van der Waals surface area contributed by atoms with E-state index >= 15 is 0 Å². The molecule has 0 saturated carbocycles. The van der Waals surface area contributed by atoms with Crippen molar-refractivity contribution < 1.29 is 13.9 Å². The van der Waals surface area contributed by atoms with Gasteiger partial charge in [0.15, 0.2) is 0 Å². The van der Waals surface area contributed by atoms with Gasteiger partial charge in [0.2, 0.25) is 5.69 Å². The second-order valence-corrected chi connectivity index (χ2v) is 7.66. The van der Waals surface area contributed by atoms with Crippen molar-refractivity contribution in [3.05, 3.63) is 116 Å². The number of hydrogen-bond acceptors (Lipinski definition) is 5. The summed E-state index contributed by atoms with van der Waals surface area (Å²) in [6.45, 7) is -0.131. The zero-order valence-electron chi connectivity index (χ0n) is 17.9. The Morgan fingerprint density at radius 3 is 2.41 bits per heavy atom. The van der Waals surface area contributed by atoms with E-state index < -0.39 is 28.7 Å². The Labute approximate surface area is 197 Å². The SMILES string of the molecule is COc1ccc(-n2nc(C(=O)Nc3ccc(F)cc3)c(=O)n(Cc3cccc(Cl)c3)c2=O)cc1. The van der Waals surface area contributed by atoms with Crippen molar-refractivity contribution in [2.24, 2.45) is 0 Å². The first-order chi connectivity index (χ1) is 16.4. The number of benzene rings is 3. The molecule has 1 N–H and O–H groups in total. The number of halogens is 2. The Morgan fingerprint density at radius 1 is 1.06 bits per heavy atom. The Bertz CT molecular complexity index is 1460. The molecule has 4 rings (SSSR count). The maximum absolute atomic E-state index is 13.2. The lowest BCUT2D eigenvalue weighted by atomic mass is 10.2. The predicted molar refractivity (Wildman–Crippen MR) is 126 cm³/mol. The smallest absolute Gasteiger partial charge is 0.352 e. The van der Waals surface area contributed by atoms with Gasteiger partial charge in [0.05, 0.1) is 19.3 Å². The van der Waals surface area contributed by atoms with E-state index in [1.807, 2.05) is 0 Å². The van der Waals surface area contributed by atoms with Crippen LogP contribution in [0.3, 0.4) is 0 Å². The number of ether oxygens (including phenoxy) is 1. The van der Waals surface area contributed by atoms with Crippen molar-refractivity contribution in [2.75, 3.05) is 12.4 Å². The lowest BCUT2D eigenvalue weighted by Crippen LogP contribution is -2.45.